The van der Waals surface area contributed by atoms with E-state index in [0.717, 1.165) is 10.8 Å². The molecule has 1 heterocycles. The number of hydrogen-bond donors (Lipinski definition) is 1. The minimum absolute atomic E-state index is 0.0558. The van der Waals surface area contributed by atoms with E-state index in [0.29, 0.717) is 12.1 Å². The van der Waals surface area contributed by atoms with Gasteiger partial charge < -0.3 is 10.2 Å². The molecular weight excluding hydrogens is 328 g/mol. The van der Waals surface area contributed by atoms with E-state index in [1.54, 1.807) is 12.1 Å². The highest BCUT2D eigenvalue weighted by molar-refractivity contribution is 7.91. The van der Waals surface area contributed by atoms with Gasteiger partial charge in [0.1, 0.15) is 0 Å². The predicted molar refractivity (Wildman–Crippen MR) is 92.4 cm³/mol. The highest BCUT2D eigenvalue weighted by Gasteiger charge is 2.34. The summed E-state index contributed by atoms with van der Waals surface area (Å²) in [6.45, 7) is 0. The summed E-state index contributed by atoms with van der Waals surface area (Å²) in [5.74, 6) is -1.53. The maximum Gasteiger partial charge on any atom is 0.313 e. The molecule has 1 fully saturated rings. The minimum atomic E-state index is -3.11. The Hall–Kier alpha value is -2.41. The van der Waals surface area contributed by atoms with Crippen LogP contribution in [-0.4, -0.2) is 49.7 Å². The third kappa shape index (κ3) is 3.26. The number of nitrogens with one attached hydrogen (secondary N) is 1. The molecule has 0 aromatic heterocycles. The lowest BCUT2D eigenvalue weighted by Crippen LogP contribution is -2.43. The topological polar surface area (TPSA) is 83.6 Å². The lowest BCUT2D eigenvalue weighted by molar-refractivity contribution is -0.143. The van der Waals surface area contributed by atoms with Gasteiger partial charge in [0.05, 0.1) is 11.5 Å². The number of benzene rings is 2. The Morgan fingerprint density at radius 1 is 1.12 bits per heavy atom. The number of carbonyl (C=O) groups is 2. The Morgan fingerprint density at radius 2 is 1.83 bits per heavy atom. The second-order valence-electron chi connectivity index (χ2n) is 5.95. The lowest BCUT2D eigenvalue weighted by Gasteiger charge is -2.22. The Morgan fingerprint density at radius 3 is 2.54 bits per heavy atom. The van der Waals surface area contributed by atoms with Crippen molar-refractivity contribution >= 4 is 38.1 Å². The zero-order valence-corrected chi connectivity index (χ0v) is 14.0. The van der Waals surface area contributed by atoms with Crippen LogP contribution < -0.4 is 5.32 Å². The molecule has 1 aliphatic rings. The predicted octanol–water partition coefficient (Wildman–Crippen LogP) is 1.42. The summed E-state index contributed by atoms with van der Waals surface area (Å²) in [6.07, 6.45) is 0.367. The van der Waals surface area contributed by atoms with E-state index in [1.807, 2.05) is 30.3 Å². The number of likely N-dealkylation sites (N-methyl/N-ethyl adjacent to an activating group) is 1. The van der Waals surface area contributed by atoms with Crippen molar-refractivity contribution < 1.29 is 18.0 Å². The number of carbonyl (C=O) groups excluding carboxylic acids is 2. The fraction of sp³-hybridized carbons (Fsp3) is 0.294. The normalized spacial score (nSPS) is 19.1. The molecule has 3 rings (SSSR count). The van der Waals surface area contributed by atoms with Crippen molar-refractivity contribution in [3.8, 4) is 0 Å². The number of fused-ring (bicyclic) bond motifs is 1. The molecule has 1 unspecified atom stereocenters. The molecule has 1 saturated heterocycles. The highest BCUT2D eigenvalue weighted by atomic mass is 32.2. The number of amides is 2. The molecular formula is C17H18N2O4S. The Kier molecular flexibility index (Phi) is 4.28. The molecule has 2 aromatic carbocycles. The fourth-order valence-electron chi connectivity index (χ4n) is 2.92. The molecule has 0 spiro atoms. The van der Waals surface area contributed by atoms with E-state index in [2.05, 4.69) is 5.32 Å². The smallest absolute Gasteiger partial charge is 0.313 e. The summed E-state index contributed by atoms with van der Waals surface area (Å²) in [4.78, 5) is 25.8. The van der Waals surface area contributed by atoms with E-state index in [4.69, 9.17) is 0 Å². The van der Waals surface area contributed by atoms with Crippen molar-refractivity contribution in [1.29, 1.82) is 0 Å². The van der Waals surface area contributed by atoms with E-state index in [-0.39, 0.29) is 11.5 Å². The maximum absolute atomic E-state index is 12.3. The van der Waals surface area contributed by atoms with E-state index < -0.39 is 27.7 Å². The Labute approximate surface area is 140 Å². The third-order valence-corrected chi connectivity index (χ3v) is 6.06. The maximum atomic E-state index is 12.3. The van der Waals surface area contributed by atoms with E-state index in [9.17, 15) is 18.0 Å². The molecule has 1 aliphatic heterocycles. The SMILES string of the molecule is CN(C(=O)C(=O)Nc1cccc2ccccc12)C1CCS(=O)(=O)C1. The van der Waals surface area contributed by atoms with Crippen molar-refractivity contribution in [2.45, 2.75) is 12.5 Å². The van der Waals surface area contributed by atoms with Crippen LogP contribution in [0.5, 0.6) is 0 Å². The van der Waals surface area contributed by atoms with Crippen LogP contribution in [0.3, 0.4) is 0 Å². The quantitative estimate of drug-likeness (QED) is 0.834. The van der Waals surface area contributed by atoms with Gasteiger partial charge in [0.2, 0.25) is 0 Å². The molecule has 2 amide bonds. The summed E-state index contributed by atoms with van der Waals surface area (Å²) in [6, 6.07) is 12.5. The zero-order chi connectivity index (χ0) is 17.3. The van der Waals surface area contributed by atoms with E-state index >= 15 is 0 Å². The summed E-state index contributed by atoms with van der Waals surface area (Å²) >= 11 is 0. The molecule has 6 nitrogen and oxygen atoms in total. The number of anilines is 1. The summed E-state index contributed by atoms with van der Waals surface area (Å²) in [5, 5.41) is 4.43. The van der Waals surface area contributed by atoms with E-state index in [1.165, 1.54) is 11.9 Å². The van der Waals surface area contributed by atoms with Crippen LogP contribution in [0.25, 0.3) is 10.8 Å². The summed E-state index contributed by atoms with van der Waals surface area (Å²) in [7, 11) is -1.64. The molecule has 0 radical (unpaired) electrons. The Balaban J connectivity index is 1.75. The zero-order valence-electron chi connectivity index (χ0n) is 13.2. The molecule has 1 atom stereocenters. The van der Waals surface area contributed by atoms with Crippen LogP contribution in [0, 0.1) is 0 Å². The minimum Gasteiger partial charge on any atom is -0.333 e. The average molecular weight is 346 g/mol. The van der Waals surface area contributed by atoms with Gasteiger partial charge in [-0.1, -0.05) is 36.4 Å². The first-order valence-corrected chi connectivity index (χ1v) is 9.46. The van der Waals surface area contributed by atoms with Crippen molar-refractivity contribution in [1.82, 2.24) is 4.90 Å². The molecule has 0 bridgehead atoms. The second-order valence-corrected chi connectivity index (χ2v) is 8.18. The monoisotopic (exact) mass is 346 g/mol. The molecule has 0 aliphatic carbocycles. The lowest BCUT2D eigenvalue weighted by atomic mass is 10.1. The van der Waals surface area contributed by atoms with Gasteiger partial charge in [-0.05, 0) is 17.9 Å². The highest BCUT2D eigenvalue weighted by Crippen LogP contribution is 2.23. The average Bonchev–Trinajstić information content (AvgIpc) is 2.93. The molecule has 24 heavy (non-hydrogen) atoms. The van der Waals surface area contributed by atoms with Gasteiger partial charge in [-0.25, -0.2) is 8.42 Å². The van der Waals surface area contributed by atoms with Gasteiger partial charge >= 0.3 is 11.8 Å². The van der Waals surface area contributed by atoms with Gasteiger partial charge in [-0.3, -0.25) is 9.59 Å². The van der Waals surface area contributed by atoms with Gasteiger partial charge in [-0.15, -0.1) is 0 Å². The fourth-order valence-corrected chi connectivity index (χ4v) is 4.69. The van der Waals surface area contributed by atoms with Gasteiger partial charge in [0.15, 0.2) is 9.84 Å². The van der Waals surface area contributed by atoms with Crippen LogP contribution in [0.4, 0.5) is 5.69 Å². The Bertz CT molecular complexity index is 902. The van der Waals surface area contributed by atoms with Crippen molar-refractivity contribution in [3.05, 3.63) is 42.5 Å². The molecule has 0 saturated carbocycles. The van der Waals surface area contributed by atoms with Crippen molar-refractivity contribution in [2.75, 3.05) is 23.9 Å². The molecule has 1 N–H and O–H groups in total. The first-order valence-electron chi connectivity index (χ1n) is 7.64. The number of nitrogens with zero attached hydrogens (tertiary/aromatic N) is 1. The van der Waals surface area contributed by atoms with Crippen LogP contribution >= 0.6 is 0 Å². The number of sulfone groups is 1. The first kappa shape index (κ1) is 16.4. The van der Waals surface area contributed by atoms with Crippen molar-refractivity contribution in [2.24, 2.45) is 0 Å². The largest absolute Gasteiger partial charge is 0.333 e. The molecule has 7 heteroatoms. The standard InChI is InChI=1S/C17H18N2O4S/c1-19(13-9-10-24(22,23)11-13)17(21)16(20)18-15-8-4-6-12-5-2-3-7-14(12)15/h2-8,13H,9-11H2,1H3,(H,18,20). The van der Waals surface area contributed by atoms with Crippen molar-refractivity contribution in [3.63, 3.8) is 0 Å². The number of hydrogen-bond acceptors (Lipinski definition) is 4. The van der Waals surface area contributed by atoms with Crippen LogP contribution in [0.2, 0.25) is 0 Å². The second kappa shape index (κ2) is 6.24. The van der Waals surface area contributed by atoms with Crippen LogP contribution in [0.1, 0.15) is 6.42 Å². The van der Waals surface area contributed by atoms with Gasteiger partial charge in [0.25, 0.3) is 0 Å². The number of rotatable bonds is 2. The molecule has 126 valence electrons. The summed E-state index contributed by atoms with van der Waals surface area (Å²) in [5.41, 5.74) is 0.555. The van der Waals surface area contributed by atoms with Gasteiger partial charge in [-0.2, -0.15) is 0 Å². The first-order chi connectivity index (χ1) is 11.4. The van der Waals surface area contributed by atoms with Gasteiger partial charge in [0, 0.05) is 24.2 Å². The van der Waals surface area contributed by atoms with Crippen LogP contribution in [-0.2, 0) is 19.4 Å². The van der Waals surface area contributed by atoms with Crippen LogP contribution in [0.15, 0.2) is 42.5 Å². The third-order valence-electron chi connectivity index (χ3n) is 4.31. The molecule has 2 aromatic rings. The summed E-state index contributed by atoms with van der Waals surface area (Å²) < 4.78 is 23.1.